The number of hydrogen-bond acceptors (Lipinski definition) is 1. The lowest BCUT2D eigenvalue weighted by molar-refractivity contribution is -0.115. The summed E-state index contributed by atoms with van der Waals surface area (Å²) < 4.78 is 0. The van der Waals surface area contributed by atoms with E-state index in [1.54, 1.807) is 0 Å². The van der Waals surface area contributed by atoms with Gasteiger partial charge in [-0.15, -0.1) is 0 Å². The van der Waals surface area contributed by atoms with E-state index in [1.165, 1.54) is 6.42 Å². The largest absolute Gasteiger partial charge is 0.294 e. The van der Waals surface area contributed by atoms with Gasteiger partial charge in [0.15, 0.2) is 5.78 Å². The molecular weight excluding hydrogens is 172 g/mol. The molecule has 0 N–H and O–H groups in total. The van der Waals surface area contributed by atoms with Crippen LogP contribution in [0, 0.1) is 0 Å². The van der Waals surface area contributed by atoms with Gasteiger partial charge in [0.25, 0.3) is 0 Å². The van der Waals surface area contributed by atoms with Crippen LogP contribution in [0.3, 0.4) is 0 Å². The van der Waals surface area contributed by atoms with Gasteiger partial charge in [0.2, 0.25) is 0 Å². The van der Waals surface area contributed by atoms with Crippen LogP contribution in [0.15, 0.2) is 23.8 Å². The van der Waals surface area contributed by atoms with Crippen molar-refractivity contribution in [2.75, 3.05) is 0 Å². The maximum absolute atomic E-state index is 11.6. The van der Waals surface area contributed by atoms with Gasteiger partial charge in [-0.05, 0) is 19.8 Å². The Morgan fingerprint density at radius 3 is 2.43 bits per heavy atom. The average Bonchev–Trinajstić information content (AvgIpc) is 2.19. The number of carbonyl (C=O) groups excluding carboxylic acids is 1. The van der Waals surface area contributed by atoms with Gasteiger partial charge >= 0.3 is 0 Å². The van der Waals surface area contributed by atoms with Crippen molar-refractivity contribution in [2.24, 2.45) is 0 Å². The average molecular weight is 194 g/mol. The fourth-order valence-corrected chi connectivity index (χ4v) is 1.27. The minimum absolute atomic E-state index is 0.283. The third kappa shape index (κ3) is 5.74. The van der Waals surface area contributed by atoms with Crippen LogP contribution in [0.2, 0.25) is 0 Å². The first-order valence-corrected chi connectivity index (χ1v) is 5.62. The Balaban J connectivity index is 4.00. The van der Waals surface area contributed by atoms with E-state index in [1.807, 2.05) is 25.2 Å². The molecule has 14 heavy (non-hydrogen) atoms. The third-order valence-corrected chi connectivity index (χ3v) is 2.17. The van der Waals surface area contributed by atoms with Crippen LogP contribution in [0.25, 0.3) is 0 Å². The molecule has 0 aliphatic heterocycles. The van der Waals surface area contributed by atoms with Crippen LogP contribution in [-0.2, 0) is 4.79 Å². The first-order chi connectivity index (χ1) is 6.76. The van der Waals surface area contributed by atoms with Crippen LogP contribution in [0.1, 0.15) is 52.9 Å². The summed E-state index contributed by atoms with van der Waals surface area (Å²) in [6.07, 6.45) is 10.9. The van der Waals surface area contributed by atoms with Gasteiger partial charge < -0.3 is 0 Å². The Morgan fingerprint density at radius 1 is 1.21 bits per heavy atom. The van der Waals surface area contributed by atoms with Crippen LogP contribution < -0.4 is 0 Å². The molecule has 80 valence electrons. The van der Waals surface area contributed by atoms with Gasteiger partial charge in [0, 0.05) is 12.0 Å². The summed E-state index contributed by atoms with van der Waals surface area (Å²) in [5.41, 5.74) is 0.864. The Labute approximate surface area is 87.9 Å². The molecular formula is C13H22O. The molecule has 0 aromatic heterocycles. The van der Waals surface area contributed by atoms with Crippen molar-refractivity contribution in [1.82, 2.24) is 0 Å². The fraction of sp³-hybridized carbons (Fsp3) is 0.615. The summed E-state index contributed by atoms with van der Waals surface area (Å²) >= 11 is 0. The standard InChI is InChI=1S/C13H22O/c1-4-7-9-11-13(14)12(6-3)10-8-5-2/h6,8,10H,4-5,7,9,11H2,1-3H3/b10-8-,12-6+. The van der Waals surface area contributed by atoms with Gasteiger partial charge in [0.1, 0.15) is 0 Å². The van der Waals surface area contributed by atoms with Crippen LogP contribution >= 0.6 is 0 Å². The molecule has 0 aromatic rings. The Kier molecular flexibility index (Phi) is 8.20. The smallest absolute Gasteiger partial charge is 0.162 e. The Bertz CT molecular complexity index is 211. The van der Waals surface area contributed by atoms with Crippen molar-refractivity contribution in [3.8, 4) is 0 Å². The first-order valence-electron chi connectivity index (χ1n) is 5.62. The Hall–Kier alpha value is -0.850. The molecule has 0 aromatic carbocycles. The van der Waals surface area contributed by atoms with Gasteiger partial charge in [-0.1, -0.05) is 44.9 Å². The molecule has 0 bridgehead atoms. The number of Topliss-reactive ketones (excluding diaryl/α,β-unsaturated/α-hetero) is 1. The maximum atomic E-state index is 11.6. The van der Waals surface area contributed by atoms with E-state index in [-0.39, 0.29) is 5.78 Å². The predicted octanol–water partition coefficient (Wildman–Crippen LogP) is 4.05. The molecule has 0 unspecified atom stereocenters. The summed E-state index contributed by atoms with van der Waals surface area (Å²) in [4.78, 5) is 11.6. The lowest BCUT2D eigenvalue weighted by atomic mass is 10.0. The van der Waals surface area contributed by atoms with Gasteiger partial charge in [-0.2, -0.15) is 0 Å². The van der Waals surface area contributed by atoms with Crippen molar-refractivity contribution in [2.45, 2.75) is 52.9 Å². The molecule has 0 amide bonds. The summed E-state index contributed by atoms with van der Waals surface area (Å²) in [5, 5.41) is 0. The summed E-state index contributed by atoms with van der Waals surface area (Å²) in [5.74, 6) is 0.283. The van der Waals surface area contributed by atoms with E-state index in [9.17, 15) is 4.79 Å². The molecule has 0 fully saturated rings. The molecule has 0 saturated heterocycles. The topological polar surface area (TPSA) is 17.1 Å². The Morgan fingerprint density at radius 2 is 1.93 bits per heavy atom. The molecule has 0 saturated carbocycles. The maximum Gasteiger partial charge on any atom is 0.162 e. The van der Waals surface area contributed by atoms with Gasteiger partial charge in [0.05, 0.1) is 0 Å². The van der Waals surface area contributed by atoms with Crippen molar-refractivity contribution < 1.29 is 4.79 Å². The fourth-order valence-electron chi connectivity index (χ4n) is 1.27. The highest BCUT2D eigenvalue weighted by atomic mass is 16.1. The SMILES string of the molecule is C/C=C(\C=C/CC)C(=O)CCCCC. The summed E-state index contributed by atoms with van der Waals surface area (Å²) in [6, 6.07) is 0. The van der Waals surface area contributed by atoms with Crippen molar-refractivity contribution >= 4 is 5.78 Å². The lowest BCUT2D eigenvalue weighted by Crippen LogP contribution is -1.99. The molecule has 1 nitrogen and oxygen atoms in total. The van der Waals surface area contributed by atoms with Crippen molar-refractivity contribution in [3.05, 3.63) is 23.8 Å². The quantitative estimate of drug-likeness (QED) is 0.339. The first kappa shape index (κ1) is 13.2. The molecule has 0 radical (unpaired) electrons. The van der Waals surface area contributed by atoms with E-state index in [4.69, 9.17) is 0 Å². The van der Waals surface area contributed by atoms with E-state index >= 15 is 0 Å². The zero-order chi connectivity index (χ0) is 10.8. The predicted molar refractivity (Wildman–Crippen MR) is 62.3 cm³/mol. The molecule has 0 atom stereocenters. The van der Waals surface area contributed by atoms with Crippen LogP contribution in [-0.4, -0.2) is 5.78 Å². The monoisotopic (exact) mass is 194 g/mol. The second kappa shape index (κ2) is 8.74. The van der Waals surface area contributed by atoms with Crippen molar-refractivity contribution in [1.29, 1.82) is 0 Å². The number of ketones is 1. The van der Waals surface area contributed by atoms with Crippen LogP contribution in [0.5, 0.6) is 0 Å². The number of hydrogen-bond donors (Lipinski definition) is 0. The highest BCUT2D eigenvalue weighted by molar-refractivity contribution is 5.97. The van der Waals surface area contributed by atoms with E-state index < -0.39 is 0 Å². The number of allylic oxidation sites excluding steroid dienone is 4. The number of unbranched alkanes of at least 4 members (excludes halogenated alkanes) is 2. The molecule has 0 rings (SSSR count). The second-order valence-corrected chi connectivity index (χ2v) is 3.43. The minimum atomic E-state index is 0.283. The van der Waals surface area contributed by atoms with Crippen molar-refractivity contribution in [3.63, 3.8) is 0 Å². The molecule has 0 spiro atoms. The van der Waals surface area contributed by atoms with Crippen LogP contribution in [0.4, 0.5) is 0 Å². The third-order valence-electron chi connectivity index (χ3n) is 2.17. The molecule has 0 aliphatic carbocycles. The zero-order valence-corrected chi connectivity index (χ0v) is 9.68. The second-order valence-electron chi connectivity index (χ2n) is 3.43. The highest BCUT2D eigenvalue weighted by Crippen LogP contribution is 2.08. The van der Waals surface area contributed by atoms with Gasteiger partial charge in [-0.3, -0.25) is 4.79 Å². The molecule has 1 heteroatoms. The summed E-state index contributed by atoms with van der Waals surface area (Å²) in [6.45, 7) is 6.15. The highest BCUT2D eigenvalue weighted by Gasteiger charge is 2.03. The number of rotatable bonds is 7. The minimum Gasteiger partial charge on any atom is -0.294 e. The van der Waals surface area contributed by atoms with Gasteiger partial charge in [-0.25, -0.2) is 0 Å². The molecule has 0 aliphatic rings. The van der Waals surface area contributed by atoms with E-state index in [0.29, 0.717) is 6.42 Å². The number of carbonyl (C=O) groups is 1. The normalized spacial score (nSPS) is 12.4. The zero-order valence-electron chi connectivity index (χ0n) is 9.68. The van der Waals surface area contributed by atoms with E-state index in [2.05, 4.69) is 13.8 Å². The lowest BCUT2D eigenvalue weighted by Gasteiger charge is -2.00. The van der Waals surface area contributed by atoms with E-state index in [0.717, 1.165) is 24.8 Å². The summed E-state index contributed by atoms with van der Waals surface area (Å²) in [7, 11) is 0. The molecule has 0 heterocycles.